The topological polar surface area (TPSA) is 20.2 Å². The molecule has 1 N–H and O–H groups in total. The van der Waals surface area contributed by atoms with E-state index in [0.29, 0.717) is 6.07 Å². The normalized spacial score (nSPS) is 12.5. The standard InChI is InChI=1S/C14H10F4O/c1-7-4-9(12(17)6-11(7)16)14(19)8-2-3-10(15)13(18)5-8/h2-6,14,19H,1H3. The van der Waals surface area contributed by atoms with Crippen molar-refractivity contribution in [2.24, 2.45) is 0 Å². The predicted octanol–water partition coefficient (Wildman–Crippen LogP) is 3.63. The fraction of sp³-hybridized carbons (Fsp3) is 0.143. The summed E-state index contributed by atoms with van der Waals surface area (Å²) in [5.74, 6) is -3.89. The second-order valence-corrected chi connectivity index (χ2v) is 4.20. The van der Waals surface area contributed by atoms with Crippen LogP contribution in [-0.4, -0.2) is 5.11 Å². The highest BCUT2D eigenvalue weighted by molar-refractivity contribution is 5.34. The van der Waals surface area contributed by atoms with Crippen LogP contribution in [0.15, 0.2) is 30.3 Å². The first kappa shape index (κ1) is 13.5. The van der Waals surface area contributed by atoms with Gasteiger partial charge in [-0.25, -0.2) is 17.6 Å². The first-order chi connectivity index (χ1) is 8.90. The fourth-order valence-electron chi connectivity index (χ4n) is 1.75. The number of halogens is 4. The Morgan fingerprint density at radius 3 is 2.16 bits per heavy atom. The predicted molar refractivity (Wildman–Crippen MR) is 61.5 cm³/mol. The summed E-state index contributed by atoms with van der Waals surface area (Å²) in [5.41, 5.74) is -0.0493. The molecule has 1 unspecified atom stereocenters. The largest absolute Gasteiger partial charge is 0.384 e. The van der Waals surface area contributed by atoms with Crippen molar-refractivity contribution in [3.8, 4) is 0 Å². The zero-order valence-electron chi connectivity index (χ0n) is 9.92. The van der Waals surface area contributed by atoms with Gasteiger partial charge in [-0.2, -0.15) is 0 Å². The van der Waals surface area contributed by atoms with Crippen molar-refractivity contribution in [1.29, 1.82) is 0 Å². The Hall–Kier alpha value is -1.88. The molecule has 0 aliphatic carbocycles. The molecule has 0 fully saturated rings. The summed E-state index contributed by atoms with van der Waals surface area (Å²) < 4.78 is 52.5. The SMILES string of the molecule is Cc1cc(C(O)c2ccc(F)c(F)c2)c(F)cc1F. The number of aliphatic hydroxyl groups excluding tert-OH is 1. The molecule has 0 aromatic heterocycles. The van der Waals surface area contributed by atoms with Crippen LogP contribution in [0.5, 0.6) is 0 Å². The second kappa shape index (κ2) is 5.01. The van der Waals surface area contributed by atoms with Gasteiger partial charge in [0.15, 0.2) is 11.6 Å². The molecule has 2 aromatic rings. The molecule has 0 bridgehead atoms. The number of benzene rings is 2. The average Bonchev–Trinajstić information content (AvgIpc) is 2.36. The minimum atomic E-state index is -1.49. The van der Waals surface area contributed by atoms with Gasteiger partial charge in [-0.15, -0.1) is 0 Å². The summed E-state index contributed by atoms with van der Waals surface area (Å²) in [6.07, 6.45) is -1.49. The first-order valence-electron chi connectivity index (χ1n) is 5.48. The lowest BCUT2D eigenvalue weighted by Gasteiger charge is -2.14. The van der Waals surface area contributed by atoms with Gasteiger partial charge in [-0.1, -0.05) is 6.07 Å². The van der Waals surface area contributed by atoms with Gasteiger partial charge in [0.05, 0.1) is 0 Å². The van der Waals surface area contributed by atoms with Crippen LogP contribution in [0.3, 0.4) is 0 Å². The molecule has 0 aliphatic heterocycles. The molecule has 5 heteroatoms. The third-order valence-electron chi connectivity index (χ3n) is 2.83. The third-order valence-corrected chi connectivity index (χ3v) is 2.83. The Bertz CT molecular complexity index is 625. The van der Waals surface area contributed by atoms with Crippen LogP contribution >= 0.6 is 0 Å². The van der Waals surface area contributed by atoms with Gasteiger partial charge in [0.2, 0.25) is 0 Å². The van der Waals surface area contributed by atoms with Crippen LogP contribution in [0.2, 0.25) is 0 Å². The molecule has 1 atom stereocenters. The van der Waals surface area contributed by atoms with Gasteiger partial charge in [0, 0.05) is 11.6 Å². The second-order valence-electron chi connectivity index (χ2n) is 4.20. The molecular weight excluding hydrogens is 260 g/mol. The van der Waals surface area contributed by atoms with Crippen LogP contribution < -0.4 is 0 Å². The summed E-state index contributed by atoms with van der Waals surface area (Å²) in [5, 5.41) is 9.95. The Kier molecular flexibility index (Phi) is 3.57. The van der Waals surface area contributed by atoms with Gasteiger partial charge in [-0.3, -0.25) is 0 Å². The first-order valence-corrected chi connectivity index (χ1v) is 5.48. The maximum Gasteiger partial charge on any atom is 0.159 e. The highest BCUT2D eigenvalue weighted by atomic mass is 19.2. The van der Waals surface area contributed by atoms with Gasteiger partial charge < -0.3 is 5.11 Å². The van der Waals surface area contributed by atoms with E-state index in [4.69, 9.17) is 0 Å². The van der Waals surface area contributed by atoms with Crippen molar-refractivity contribution in [1.82, 2.24) is 0 Å². The molecule has 0 saturated carbocycles. The summed E-state index contributed by atoms with van der Waals surface area (Å²) in [6, 6.07) is 4.53. The molecule has 0 saturated heterocycles. The molecule has 2 rings (SSSR count). The lowest BCUT2D eigenvalue weighted by molar-refractivity contribution is 0.214. The summed E-state index contributed by atoms with van der Waals surface area (Å²) >= 11 is 0. The van der Waals surface area contributed by atoms with Crippen LogP contribution in [-0.2, 0) is 0 Å². The quantitative estimate of drug-likeness (QED) is 0.826. The highest BCUT2D eigenvalue weighted by Gasteiger charge is 2.18. The van der Waals surface area contributed by atoms with Gasteiger partial charge in [0.1, 0.15) is 17.7 Å². The molecular formula is C14H10F4O. The van der Waals surface area contributed by atoms with Crippen molar-refractivity contribution >= 4 is 0 Å². The maximum atomic E-state index is 13.6. The zero-order chi connectivity index (χ0) is 14.2. The molecule has 19 heavy (non-hydrogen) atoms. The Balaban J connectivity index is 2.46. The molecule has 100 valence electrons. The highest BCUT2D eigenvalue weighted by Crippen LogP contribution is 2.27. The summed E-state index contributed by atoms with van der Waals surface area (Å²) in [7, 11) is 0. The molecule has 0 heterocycles. The van der Waals surface area contributed by atoms with Crippen LogP contribution in [0.1, 0.15) is 22.8 Å². The molecule has 0 aliphatic rings. The van der Waals surface area contributed by atoms with Gasteiger partial charge in [-0.05, 0) is 36.2 Å². The molecule has 0 spiro atoms. The monoisotopic (exact) mass is 270 g/mol. The summed E-state index contributed by atoms with van der Waals surface area (Å²) in [4.78, 5) is 0. The van der Waals surface area contributed by atoms with E-state index in [1.54, 1.807) is 0 Å². The van der Waals surface area contributed by atoms with Crippen molar-refractivity contribution in [3.05, 3.63) is 70.3 Å². The van der Waals surface area contributed by atoms with E-state index >= 15 is 0 Å². The van der Waals surface area contributed by atoms with Crippen molar-refractivity contribution in [3.63, 3.8) is 0 Å². The van der Waals surface area contributed by atoms with E-state index in [9.17, 15) is 22.7 Å². The minimum absolute atomic E-state index is 0.0104. The van der Waals surface area contributed by atoms with E-state index < -0.39 is 29.4 Å². The molecule has 1 nitrogen and oxygen atoms in total. The lowest BCUT2D eigenvalue weighted by atomic mass is 9.99. The van der Waals surface area contributed by atoms with E-state index in [0.717, 1.165) is 24.3 Å². The zero-order valence-corrected chi connectivity index (χ0v) is 9.92. The Morgan fingerprint density at radius 2 is 1.53 bits per heavy atom. The van der Waals surface area contributed by atoms with Crippen LogP contribution in [0, 0.1) is 30.2 Å². The minimum Gasteiger partial charge on any atom is -0.384 e. The van der Waals surface area contributed by atoms with Crippen LogP contribution in [0.4, 0.5) is 17.6 Å². The Labute approximate surface area is 107 Å². The third kappa shape index (κ3) is 2.61. The summed E-state index contributed by atoms with van der Waals surface area (Å²) in [6.45, 7) is 1.41. The molecule has 0 amide bonds. The molecule has 0 radical (unpaired) electrons. The van der Waals surface area contributed by atoms with Crippen molar-refractivity contribution in [2.75, 3.05) is 0 Å². The van der Waals surface area contributed by atoms with Gasteiger partial charge >= 0.3 is 0 Å². The van der Waals surface area contributed by atoms with E-state index in [-0.39, 0.29) is 16.7 Å². The van der Waals surface area contributed by atoms with Crippen molar-refractivity contribution < 1.29 is 22.7 Å². The van der Waals surface area contributed by atoms with E-state index in [1.807, 2.05) is 0 Å². The lowest BCUT2D eigenvalue weighted by Crippen LogP contribution is -2.05. The number of hydrogen-bond donors (Lipinski definition) is 1. The smallest absolute Gasteiger partial charge is 0.159 e. The number of aryl methyl sites for hydroxylation is 1. The van der Waals surface area contributed by atoms with Crippen molar-refractivity contribution in [2.45, 2.75) is 13.0 Å². The average molecular weight is 270 g/mol. The van der Waals surface area contributed by atoms with E-state index in [2.05, 4.69) is 0 Å². The van der Waals surface area contributed by atoms with Crippen LogP contribution in [0.25, 0.3) is 0 Å². The molecule has 2 aromatic carbocycles. The van der Waals surface area contributed by atoms with Gasteiger partial charge in [0.25, 0.3) is 0 Å². The number of aliphatic hydroxyl groups is 1. The Morgan fingerprint density at radius 1 is 0.842 bits per heavy atom. The van der Waals surface area contributed by atoms with E-state index in [1.165, 1.54) is 6.92 Å². The number of hydrogen-bond acceptors (Lipinski definition) is 1. The maximum absolute atomic E-state index is 13.6. The fourth-order valence-corrected chi connectivity index (χ4v) is 1.75. The number of rotatable bonds is 2.